The van der Waals surface area contributed by atoms with Gasteiger partial charge in [0.2, 0.25) is 0 Å². The van der Waals surface area contributed by atoms with Gasteiger partial charge in [-0.2, -0.15) is 12.6 Å². The van der Waals surface area contributed by atoms with Gasteiger partial charge >= 0.3 is 0 Å². The molecule has 0 aliphatic carbocycles. The summed E-state index contributed by atoms with van der Waals surface area (Å²) in [7, 11) is 4.08. The van der Waals surface area contributed by atoms with Crippen LogP contribution in [0.1, 0.15) is 16.5 Å². The minimum Gasteiger partial charge on any atom is -0.294 e. The number of rotatable bonds is 2. The lowest BCUT2D eigenvalue weighted by atomic mass is 10.0. The van der Waals surface area contributed by atoms with E-state index in [1.54, 1.807) is 0 Å². The molecule has 16 heavy (non-hydrogen) atoms. The minimum absolute atomic E-state index is 0.158. The van der Waals surface area contributed by atoms with Gasteiger partial charge in [-0.15, -0.1) is 0 Å². The first kappa shape index (κ1) is 11.5. The SMILES string of the molecule is Cc1ccc2cc(C(S)N(C)C)ccc2c1. The Hall–Kier alpha value is -0.990. The number of benzene rings is 2. The van der Waals surface area contributed by atoms with Gasteiger partial charge in [-0.3, -0.25) is 4.90 Å². The van der Waals surface area contributed by atoms with Crippen molar-refractivity contribution < 1.29 is 0 Å². The Balaban J connectivity index is 2.48. The van der Waals surface area contributed by atoms with Crippen LogP contribution in [-0.4, -0.2) is 19.0 Å². The molecule has 0 heterocycles. The van der Waals surface area contributed by atoms with Crippen LogP contribution in [0.15, 0.2) is 36.4 Å². The number of nitrogens with zero attached hydrogens (tertiary/aromatic N) is 1. The van der Waals surface area contributed by atoms with E-state index in [1.807, 2.05) is 14.1 Å². The van der Waals surface area contributed by atoms with Crippen molar-refractivity contribution in [2.24, 2.45) is 0 Å². The van der Waals surface area contributed by atoms with Gasteiger partial charge in [0.25, 0.3) is 0 Å². The van der Waals surface area contributed by atoms with Crippen molar-refractivity contribution in [2.45, 2.75) is 12.3 Å². The van der Waals surface area contributed by atoms with Crippen LogP contribution in [0.3, 0.4) is 0 Å². The molecule has 0 amide bonds. The first-order chi connectivity index (χ1) is 7.58. The van der Waals surface area contributed by atoms with Crippen molar-refractivity contribution in [3.05, 3.63) is 47.5 Å². The summed E-state index contributed by atoms with van der Waals surface area (Å²) in [5, 5.41) is 2.73. The third kappa shape index (κ3) is 2.23. The fraction of sp³-hybridized carbons (Fsp3) is 0.286. The molecule has 0 saturated heterocycles. The van der Waals surface area contributed by atoms with E-state index in [9.17, 15) is 0 Å². The maximum Gasteiger partial charge on any atom is 0.0780 e. The lowest BCUT2D eigenvalue weighted by molar-refractivity contribution is 0.394. The number of fused-ring (bicyclic) bond motifs is 1. The molecular formula is C14H17NS. The van der Waals surface area contributed by atoms with Crippen LogP contribution in [0.5, 0.6) is 0 Å². The average molecular weight is 231 g/mol. The van der Waals surface area contributed by atoms with E-state index in [2.05, 4.69) is 60.9 Å². The first-order valence-electron chi connectivity index (χ1n) is 5.43. The molecule has 2 aromatic carbocycles. The monoisotopic (exact) mass is 231 g/mol. The van der Waals surface area contributed by atoms with Crippen LogP contribution in [0.4, 0.5) is 0 Å². The molecule has 0 fully saturated rings. The molecule has 0 aromatic heterocycles. The van der Waals surface area contributed by atoms with E-state index in [4.69, 9.17) is 0 Å². The van der Waals surface area contributed by atoms with E-state index >= 15 is 0 Å². The highest BCUT2D eigenvalue weighted by Crippen LogP contribution is 2.26. The molecule has 0 saturated carbocycles. The molecule has 84 valence electrons. The average Bonchev–Trinajstić information content (AvgIpc) is 2.27. The summed E-state index contributed by atoms with van der Waals surface area (Å²) in [5.41, 5.74) is 2.54. The molecule has 0 aliphatic heterocycles. The summed E-state index contributed by atoms with van der Waals surface area (Å²) in [5.74, 6) is 0. The highest BCUT2D eigenvalue weighted by atomic mass is 32.1. The third-order valence-corrected chi connectivity index (χ3v) is 3.57. The number of hydrogen-bond acceptors (Lipinski definition) is 2. The second kappa shape index (κ2) is 4.48. The predicted molar refractivity (Wildman–Crippen MR) is 74.1 cm³/mol. The standard InChI is InChI=1S/C14H17NS/c1-10-4-5-12-9-13(14(16)15(2)3)7-6-11(12)8-10/h4-9,14,16H,1-3H3. The molecule has 1 atom stereocenters. The quantitative estimate of drug-likeness (QED) is 0.610. The van der Waals surface area contributed by atoms with Gasteiger partial charge in [-0.1, -0.05) is 35.9 Å². The van der Waals surface area contributed by atoms with Crippen molar-refractivity contribution >= 4 is 23.4 Å². The van der Waals surface area contributed by atoms with Crippen LogP contribution < -0.4 is 0 Å². The van der Waals surface area contributed by atoms with Gasteiger partial charge in [-0.25, -0.2) is 0 Å². The fourth-order valence-electron chi connectivity index (χ4n) is 1.84. The fourth-order valence-corrected chi connectivity index (χ4v) is 2.00. The van der Waals surface area contributed by atoms with E-state index < -0.39 is 0 Å². The van der Waals surface area contributed by atoms with Gasteiger partial charge < -0.3 is 0 Å². The molecule has 0 bridgehead atoms. The number of hydrogen-bond donors (Lipinski definition) is 1. The summed E-state index contributed by atoms with van der Waals surface area (Å²) < 4.78 is 0. The van der Waals surface area contributed by atoms with Crippen molar-refractivity contribution in [1.82, 2.24) is 4.90 Å². The maximum atomic E-state index is 4.59. The van der Waals surface area contributed by atoms with Crippen molar-refractivity contribution in [2.75, 3.05) is 14.1 Å². The Kier molecular flexibility index (Phi) is 3.22. The summed E-state index contributed by atoms with van der Waals surface area (Å²) in [6.07, 6.45) is 0. The van der Waals surface area contributed by atoms with Gasteiger partial charge in [-0.05, 0) is 43.4 Å². The molecule has 2 heteroatoms. The Morgan fingerprint density at radius 2 is 1.62 bits per heavy atom. The van der Waals surface area contributed by atoms with E-state index in [0.29, 0.717) is 0 Å². The van der Waals surface area contributed by atoms with Crippen molar-refractivity contribution in [1.29, 1.82) is 0 Å². The molecule has 2 rings (SSSR count). The topological polar surface area (TPSA) is 3.24 Å². The molecule has 0 N–H and O–H groups in total. The summed E-state index contributed by atoms with van der Waals surface area (Å²) >= 11 is 4.59. The molecule has 1 unspecified atom stereocenters. The molecular weight excluding hydrogens is 214 g/mol. The Bertz CT molecular complexity index is 505. The second-order valence-electron chi connectivity index (χ2n) is 4.45. The predicted octanol–water partition coefficient (Wildman–Crippen LogP) is 3.64. The Morgan fingerprint density at radius 3 is 2.31 bits per heavy atom. The zero-order chi connectivity index (χ0) is 11.7. The number of aryl methyl sites for hydroxylation is 1. The molecule has 1 nitrogen and oxygen atoms in total. The molecule has 0 spiro atoms. The largest absolute Gasteiger partial charge is 0.294 e. The zero-order valence-corrected chi connectivity index (χ0v) is 10.8. The van der Waals surface area contributed by atoms with Crippen LogP contribution in [0, 0.1) is 6.92 Å². The Labute approximate surface area is 102 Å². The smallest absolute Gasteiger partial charge is 0.0780 e. The third-order valence-electron chi connectivity index (χ3n) is 2.81. The maximum absolute atomic E-state index is 4.59. The van der Waals surface area contributed by atoms with Crippen LogP contribution in [0.2, 0.25) is 0 Å². The second-order valence-corrected chi connectivity index (χ2v) is 4.94. The normalized spacial score (nSPS) is 13.3. The summed E-state index contributed by atoms with van der Waals surface area (Å²) in [6.45, 7) is 2.12. The van der Waals surface area contributed by atoms with Crippen molar-refractivity contribution in [3.8, 4) is 0 Å². The van der Waals surface area contributed by atoms with Gasteiger partial charge in [0.05, 0.1) is 5.37 Å². The Morgan fingerprint density at radius 1 is 1.00 bits per heavy atom. The van der Waals surface area contributed by atoms with Crippen LogP contribution in [-0.2, 0) is 0 Å². The lowest BCUT2D eigenvalue weighted by Gasteiger charge is -2.19. The van der Waals surface area contributed by atoms with E-state index in [-0.39, 0.29) is 5.37 Å². The lowest BCUT2D eigenvalue weighted by Crippen LogP contribution is -2.14. The van der Waals surface area contributed by atoms with Crippen molar-refractivity contribution in [3.63, 3.8) is 0 Å². The molecule has 0 radical (unpaired) electrons. The molecule has 0 aliphatic rings. The van der Waals surface area contributed by atoms with Gasteiger partial charge in [0.1, 0.15) is 0 Å². The zero-order valence-electron chi connectivity index (χ0n) is 9.94. The highest BCUT2D eigenvalue weighted by molar-refractivity contribution is 7.80. The first-order valence-corrected chi connectivity index (χ1v) is 5.94. The highest BCUT2D eigenvalue weighted by Gasteiger charge is 2.08. The van der Waals surface area contributed by atoms with Crippen LogP contribution >= 0.6 is 12.6 Å². The minimum atomic E-state index is 0.158. The summed E-state index contributed by atoms with van der Waals surface area (Å²) in [4.78, 5) is 2.10. The van der Waals surface area contributed by atoms with Gasteiger partial charge in [0.15, 0.2) is 0 Å². The van der Waals surface area contributed by atoms with E-state index in [1.165, 1.54) is 21.9 Å². The van der Waals surface area contributed by atoms with Gasteiger partial charge in [0, 0.05) is 0 Å². The summed E-state index contributed by atoms with van der Waals surface area (Å²) in [6, 6.07) is 13.1. The van der Waals surface area contributed by atoms with Crippen LogP contribution in [0.25, 0.3) is 10.8 Å². The molecule has 2 aromatic rings. The number of thiol groups is 1. The van der Waals surface area contributed by atoms with E-state index in [0.717, 1.165) is 0 Å².